The van der Waals surface area contributed by atoms with Gasteiger partial charge in [-0.15, -0.1) is 12.6 Å². The van der Waals surface area contributed by atoms with Crippen molar-refractivity contribution in [3.05, 3.63) is 23.5 Å². The van der Waals surface area contributed by atoms with Gasteiger partial charge in [0.25, 0.3) is 0 Å². The van der Waals surface area contributed by atoms with Crippen molar-refractivity contribution in [2.75, 3.05) is 7.11 Å². The third-order valence-corrected chi connectivity index (χ3v) is 1.85. The van der Waals surface area contributed by atoms with Crippen LogP contribution in [-0.2, 0) is 0 Å². The lowest BCUT2D eigenvalue weighted by molar-refractivity contribution is 0.376. The predicted octanol–water partition coefficient (Wildman–Crippen LogP) is 1.99. The average Bonchev–Trinajstić information content (AvgIpc) is 2.06. The molecule has 0 aromatic heterocycles. The quantitative estimate of drug-likeness (QED) is 0.675. The number of methoxy groups -OCH3 is 1. The summed E-state index contributed by atoms with van der Waals surface area (Å²) in [5, 5.41) is 8.55. The molecule has 0 atom stereocenters. The Morgan fingerprint density at radius 2 is 2.25 bits per heavy atom. The number of halogens is 1. The minimum atomic E-state index is -0.512. The number of nitrogens with zero attached hydrogens (tertiary/aromatic N) is 1. The zero-order valence-electron chi connectivity index (χ0n) is 6.34. The highest BCUT2D eigenvalue weighted by Gasteiger charge is 2.10. The molecule has 2 nitrogen and oxygen atoms in total. The molecule has 0 amide bonds. The molecule has 0 radical (unpaired) electrons. The summed E-state index contributed by atoms with van der Waals surface area (Å²) in [6.45, 7) is 0. The fraction of sp³-hybridized carbons (Fsp3) is 0.125. The highest BCUT2D eigenvalue weighted by molar-refractivity contribution is 7.80. The Labute approximate surface area is 75.0 Å². The van der Waals surface area contributed by atoms with Gasteiger partial charge in [-0.25, -0.2) is 4.39 Å². The average molecular weight is 183 g/mol. The molecule has 0 aliphatic carbocycles. The molecule has 0 N–H and O–H groups in total. The molecule has 12 heavy (non-hydrogen) atoms. The van der Waals surface area contributed by atoms with E-state index in [9.17, 15) is 4.39 Å². The van der Waals surface area contributed by atoms with E-state index in [0.29, 0.717) is 5.56 Å². The first-order chi connectivity index (χ1) is 5.70. The number of benzene rings is 1. The Kier molecular flexibility index (Phi) is 2.56. The number of nitriles is 1. The lowest BCUT2D eigenvalue weighted by Crippen LogP contribution is -1.91. The highest BCUT2D eigenvalue weighted by Crippen LogP contribution is 2.28. The molecule has 0 saturated heterocycles. The molecule has 0 fully saturated rings. The van der Waals surface area contributed by atoms with E-state index < -0.39 is 5.82 Å². The number of hydrogen-bond donors (Lipinski definition) is 1. The predicted molar refractivity (Wildman–Crippen MR) is 44.9 cm³/mol. The maximum atomic E-state index is 12.9. The molecule has 1 aromatic rings. The van der Waals surface area contributed by atoms with Gasteiger partial charge in [-0.1, -0.05) is 0 Å². The summed E-state index contributed by atoms with van der Waals surface area (Å²) in [6, 6.07) is 4.41. The summed E-state index contributed by atoms with van der Waals surface area (Å²) in [4.78, 5) is 0.236. The molecule has 0 spiro atoms. The fourth-order valence-corrected chi connectivity index (χ4v) is 1.15. The van der Waals surface area contributed by atoms with Crippen LogP contribution in [0.25, 0.3) is 0 Å². The summed E-state index contributed by atoms with van der Waals surface area (Å²) in [5.74, 6) is -0.501. The first-order valence-electron chi connectivity index (χ1n) is 3.16. The van der Waals surface area contributed by atoms with Crippen molar-refractivity contribution < 1.29 is 9.13 Å². The van der Waals surface area contributed by atoms with Crippen molar-refractivity contribution in [1.29, 1.82) is 5.26 Å². The maximum Gasteiger partial charge on any atom is 0.169 e. The Morgan fingerprint density at radius 3 is 2.75 bits per heavy atom. The summed E-state index contributed by atoms with van der Waals surface area (Å²) < 4.78 is 17.6. The molecule has 0 saturated carbocycles. The van der Waals surface area contributed by atoms with Crippen LogP contribution in [0.1, 0.15) is 5.56 Å². The molecular weight excluding hydrogens is 177 g/mol. The van der Waals surface area contributed by atoms with E-state index in [-0.39, 0.29) is 10.6 Å². The Morgan fingerprint density at radius 1 is 1.58 bits per heavy atom. The van der Waals surface area contributed by atoms with Gasteiger partial charge in [-0.05, 0) is 12.1 Å². The first kappa shape index (κ1) is 8.88. The summed E-state index contributed by atoms with van der Waals surface area (Å²) in [7, 11) is 1.33. The molecule has 0 aliphatic rings. The second kappa shape index (κ2) is 3.46. The molecular formula is C8H6FNOS. The zero-order valence-corrected chi connectivity index (χ0v) is 7.23. The molecule has 1 rings (SSSR count). The molecule has 4 heteroatoms. The van der Waals surface area contributed by atoms with Crippen molar-refractivity contribution in [3.63, 3.8) is 0 Å². The SMILES string of the molecule is COc1c(F)ccc(C#N)c1S. The highest BCUT2D eigenvalue weighted by atomic mass is 32.1. The van der Waals surface area contributed by atoms with Crippen molar-refractivity contribution in [2.45, 2.75) is 4.90 Å². The lowest BCUT2D eigenvalue weighted by atomic mass is 10.2. The summed E-state index contributed by atoms with van der Waals surface area (Å²) in [5.41, 5.74) is 0.302. The van der Waals surface area contributed by atoms with Gasteiger partial charge < -0.3 is 4.74 Å². The van der Waals surface area contributed by atoms with Crippen molar-refractivity contribution in [2.24, 2.45) is 0 Å². The van der Waals surface area contributed by atoms with E-state index in [2.05, 4.69) is 12.6 Å². The molecule has 0 heterocycles. The number of ether oxygens (including phenoxy) is 1. The van der Waals surface area contributed by atoms with E-state index >= 15 is 0 Å². The van der Waals surface area contributed by atoms with Gasteiger partial charge in [0, 0.05) is 0 Å². The smallest absolute Gasteiger partial charge is 0.169 e. The van der Waals surface area contributed by atoms with Crippen LogP contribution in [0.2, 0.25) is 0 Å². The third-order valence-electron chi connectivity index (χ3n) is 1.41. The van der Waals surface area contributed by atoms with Gasteiger partial charge in [0.2, 0.25) is 0 Å². The van der Waals surface area contributed by atoms with Crippen LogP contribution in [-0.4, -0.2) is 7.11 Å². The summed E-state index contributed by atoms with van der Waals surface area (Å²) >= 11 is 3.95. The molecule has 0 aliphatic heterocycles. The van der Waals surface area contributed by atoms with Gasteiger partial charge in [0.15, 0.2) is 11.6 Å². The van der Waals surface area contributed by atoms with E-state index in [1.165, 1.54) is 19.2 Å². The second-order valence-electron chi connectivity index (χ2n) is 2.09. The lowest BCUT2D eigenvalue weighted by Gasteiger charge is -2.05. The number of hydrogen-bond acceptors (Lipinski definition) is 3. The van der Waals surface area contributed by atoms with Crippen LogP contribution >= 0.6 is 12.6 Å². The Balaban J connectivity index is 3.36. The Bertz CT molecular complexity index is 346. The van der Waals surface area contributed by atoms with Crippen LogP contribution in [0.4, 0.5) is 4.39 Å². The van der Waals surface area contributed by atoms with Crippen LogP contribution < -0.4 is 4.74 Å². The monoisotopic (exact) mass is 183 g/mol. The minimum absolute atomic E-state index is 0.0115. The van der Waals surface area contributed by atoms with Gasteiger partial charge in [-0.2, -0.15) is 5.26 Å². The van der Waals surface area contributed by atoms with Crippen LogP contribution in [0.15, 0.2) is 17.0 Å². The molecule has 62 valence electrons. The van der Waals surface area contributed by atoms with Crippen molar-refractivity contribution >= 4 is 12.6 Å². The van der Waals surface area contributed by atoms with E-state index in [1.807, 2.05) is 6.07 Å². The normalized spacial score (nSPS) is 9.17. The van der Waals surface area contributed by atoms with Crippen LogP contribution in [0.5, 0.6) is 5.75 Å². The van der Waals surface area contributed by atoms with Gasteiger partial charge in [0.1, 0.15) is 6.07 Å². The van der Waals surface area contributed by atoms with Crippen LogP contribution in [0.3, 0.4) is 0 Å². The van der Waals surface area contributed by atoms with E-state index in [1.54, 1.807) is 0 Å². The zero-order chi connectivity index (χ0) is 9.14. The molecule has 1 aromatic carbocycles. The Hall–Kier alpha value is -1.21. The first-order valence-corrected chi connectivity index (χ1v) is 3.61. The number of thiol groups is 1. The summed E-state index contributed by atoms with van der Waals surface area (Å²) in [6.07, 6.45) is 0. The van der Waals surface area contributed by atoms with Gasteiger partial charge in [-0.3, -0.25) is 0 Å². The van der Waals surface area contributed by atoms with Crippen molar-refractivity contribution in [1.82, 2.24) is 0 Å². The second-order valence-corrected chi connectivity index (χ2v) is 2.54. The third kappa shape index (κ3) is 1.36. The van der Waals surface area contributed by atoms with Crippen LogP contribution in [0, 0.1) is 17.1 Å². The maximum absolute atomic E-state index is 12.9. The van der Waals surface area contributed by atoms with Gasteiger partial charge >= 0.3 is 0 Å². The van der Waals surface area contributed by atoms with Gasteiger partial charge in [0.05, 0.1) is 17.6 Å². The van der Waals surface area contributed by atoms with Crippen molar-refractivity contribution in [3.8, 4) is 11.8 Å². The molecule has 0 bridgehead atoms. The topological polar surface area (TPSA) is 33.0 Å². The van der Waals surface area contributed by atoms with E-state index in [4.69, 9.17) is 10.00 Å². The number of rotatable bonds is 1. The fourth-order valence-electron chi connectivity index (χ4n) is 0.831. The van der Waals surface area contributed by atoms with E-state index in [0.717, 1.165) is 0 Å². The largest absolute Gasteiger partial charge is 0.492 e. The minimum Gasteiger partial charge on any atom is -0.492 e. The standard InChI is InChI=1S/C8H6FNOS/c1-11-7-6(9)3-2-5(4-10)8(7)12/h2-3,12H,1H3. The molecule has 0 unspecified atom stereocenters.